The highest BCUT2D eigenvalue weighted by Crippen LogP contribution is 2.22. The molecule has 8 nitrogen and oxygen atoms in total. The number of hydrogen-bond donors (Lipinski definition) is 1. The zero-order valence-electron chi connectivity index (χ0n) is 14.7. The van der Waals surface area contributed by atoms with E-state index in [1.165, 1.54) is 6.07 Å². The maximum atomic E-state index is 12.4. The fourth-order valence-corrected chi connectivity index (χ4v) is 2.87. The highest BCUT2D eigenvalue weighted by Gasteiger charge is 2.36. The van der Waals surface area contributed by atoms with Gasteiger partial charge in [-0.25, -0.2) is 9.78 Å². The van der Waals surface area contributed by atoms with Crippen LogP contribution >= 0.6 is 0 Å². The summed E-state index contributed by atoms with van der Waals surface area (Å²) in [6.07, 6.45) is 0.156. The number of aromatic nitrogens is 2. The van der Waals surface area contributed by atoms with Crippen LogP contribution in [0.5, 0.6) is 0 Å². The first-order chi connectivity index (χ1) is 11.1. The number of amides is 1. The lowest BCUT2D eigenvalue weighted by atomic mass is 10.1. The molecule has 1 aromatic heterocycles. The number of rotatable bonds is 2. The van der Waals surface area contributed by atoms with Gasteiger partial charge in [-0.05, 0) is 34.6 Å². The fraction of sp³-hybridized carbons (Fsp3) is 0.625. The molecule has 8 heteroatoms. The molecule has 1 N–H and O–H groups in total. The van der Waals surface area contributed by atoms with Gasteiger partial charge in [0.05, 0.1) is 12.1 Å². The number of piperazine rings is 1. The van der Waals surface area contributed by atoms with Gasteiger partial charge in [-0.2, -0.15) is 0 Å². The number of carbonyl (C=O) groups is 2. The number of hydrogen-bond acceptors (Lipinski definition) is 6. The van der Waals surface area contributed by atoms with Crippen LogP contribution in [0.4, 0.5) is 10.6 Å². The molecule has 1 aromatic rings. The predicted octanol–water partition coefficient (Wildman–Crippen LogP) is 1.42. The van der Waals surface area contributed by atoms with Crippen LogP contribution in [-0.4, -0.2) is 58.0 Å². The molecule has 0 unspecified atom stereocenters. The monoisotopic (exact) mass is 336 g/mol. The van der Waals surface area contributed by atoms with Crippen molar-refractivity contribution < 1.29 is 14.3 Å². The summed E-state index contributed by atoms with van der Waals surface area (Å²) < 4.78 is 5.47. The summed E-state index contributed by atoms with van der Waals surface area (Å²) in [5.41, 5.74) is -0.933. The molecule has 0 spiro atoms. The van der Waals surface area contributed by atoms with E-state index in [9.17, 15) is 14.4 Å². The summed E-state index contributed by atoms with van der Waals surface area (Å²) in [7, 11) is 0. The van der Waals surface area contributed by atoms with Crippen molar-refractivity contribution in [3.8, 4) is 0 Å². The van der Waals surface area contributed by atoms with Crippen LogP contribution in [0.1, 0.15) is 45.2 Å². The summed E-state index contributed by atoms with van der Waals surface area (Å²) in [5, 5.41) is 0. The second-order valence-corrected chi connectivity index (χ2v) is 7.10. The average molecular weight is 336 g/mol. The molecule has 1 fully saturated rings. The van der Waals surface area contributed by atoms with E-state index in [2.05, 4.69) is 9.97 Å². The van der Waals surface area contributed by atoms with Gasteiger partial charge < -0.3 is 14.6 Å². The smallest absolute Gasteiger partial charge is 0.410 e. The Morgan fingerprint density at radius 2 is 1.92 bits per heavy atom. The number of H-pyrrole nitrogens is 1. The van der Waals surface area contributed by atoms with Gasteiger partial charge in [-0.15, -0.1) is 0 Å². The van der Waals surface area contributed by atoms with Gasteiger partial charge >= 0.3 is 6.09 Å². The van der Waals surface area contributed by atoms with Crippen molar-refractivity contribution in [1.29, 1.82) is 0 Å². The molecule has 0 bridgehead atoms. The van der Waals surface area contributed by atoms with Crippen molar-refractivity contribution in [2.45, 2.75) is 52.3 Å². The van der Waals surface area contributed by atoms with Crippen molar-refractivity contribution in [3.05, 3.63) is 22.2 Å². The normalized spacial score (nSPS) is 21.5. The minimum atomic E-state index is -0.555. The quantitative estimate of drug-likeness (QED) is 0.821. The summed E-state index contributed by atoms with van der Waals surface area (Å²) in [6.45, 7) is 10.3. The number of nitrogens with zero attached hydrogens (tertiary/aromatic N) is 3. The largest absolute Gasteiger partial charge is 0.444 e. The van der Waals surface area contributed by atoms with Crippen molar-refractivity contribution in [1.82, 2.24) is 14.9 Å². The molecular formula is C16H24N4O4. The molecule has 132 valence electrons. The summed E-state index contributed by atoms with van der Waals surface area (Å²) in [6, 6.07) is 1.11. The van der Waals surface area contributed by atoms with E-state index < -0.39 is 5.60 Å². The standard InChI is InChI=1S/C16H24N4O4/c1-10-7-19(13-6-14(22)18-12(9-21)17-13)8-11(2)20(10)15(23)24-16(3,4)5/h6,9-11H,7-8H2,1-5H3,(H,17,18,22)/t10-,11+. The van der Waals surface area contributed by atoms with Crippen molar-refractivity contribution in [2.24, 2.45) is 0 Å². The number of aldehydes is 1. The number of anilines is 1. The SMILES string of the molecule is C[C@@H]1CN(c2cc(=O)[nH]c(C=O)n2)C[C@H](C)N1C(=O)OC(C)(C)C. The first-order valence-electron chi connectivity index (χ1n) is 7.93. The third-order valence-corrected chi connectivity index (χ3v) is 3.71. The molecule has 2 heterocycles. The Labute approximate surface area is 140 Å². The molecule has 0 aliphatic carbocycles. The van der Waals surface area contributed by atoms with Gasteiger partial charge in [-0.3, -0.25) is 14.5 Å². The van der Waals surface area contributed by atoms with Gasteiger partial charge in [0.2, 0.25) is 0 Å². The van der Waals surface area contributed by atoms with Crippen LogP contribution in [0.3, 0.4) is 0 Å². The zero-order valence-corrected chi connectivity index (χ0v) is 14.7. The van der Waals surface area contributed by atoms with Crippen molar-refractivity contribution >= 4 is 18.2 Å². The van der Waals surface area contributed by atoms with E-state index in [1.54, 1.807) is 4.90 Å². The third-order valence-electron chi connectivity index (χ3n) is 3.71. The van der Waals surface area contributed by atoms with Crippen LogP contribution in [0, 0.1) is 0 Å². The first-order valence-corrected chi connectivity index (χ1v) is 7.93. The maximum absolute atomic E-state index is 12.4. The van der Waals surface area contributed by atoms with Crippen LogP contribution in [0.25, 0.3) is 0 Å². The number of nitrogens with one attached hydrogen (secondary N) is 1. The maximum Gasteiger partial charge on any atom is 0.410 e. The van der Waals surface area contributed by atoms with Crippen molar-refractivity contribution in [3.63, 3.8) is 0 Å². The lowest BCUT2D eigenvalue weighted by Gasteiger charge is -2.44. The molecule has 1 amide bonds. The molecule has 0 radical (unpaired) electrons. The van der Waals surface area contributed by atoms with E-state index in [4.69, 9.17) is 4.74 Å². The highest BCUT2D eigenvalue weighted by molar-refractivity contribution is 5.70. The van der Waals surface area contributed by atoms with E-state index >= 15 is 0 Å². The number of carbonyl (C=O) groups excluding carboxylic acids is 2. The number of aromatic amines is 1. The Morgan fingerprint density at radius 3 is 2.42 bits per heavy atom. The van der Waals surface area contributed by atoms with Gasteiger partial charge in [-0.1, -0.05) is 0 Å². The Balaban J connectivity index is 2.18. The topological polar surface area (TPSA) is 95.6 Å². The minimum Gasteiger partial charge on any atom is -0.444 e. The summed E-state index contributed by atoms with van der Waals surface area (Å²) in [5.74, 6) is 0.427. The molecule has 0 aromatic carbocycles. The van der Waals surface area contributed by atoms with Gasteiger partial charge in [0, 0.05) is 19.2 Å². The predicted molar refractivity (Wildman–Crippen MR) is 89.5 cm³/mol. The molecule has 1 aliphatic rings. The molecule has 1 aliphatic heterocycles. The highest BCUT2D eigenvalue weighted by atomic mass is 16.6. The Hall–Kier alpha value is -2.38. The molecular weight excluding hydrogens is 312 g/mol. The van der Waals surface area contributed by atoms with Gasteiger partial charge in [0.15, 0.2) is 12.1 Å². The molecule has 0 saturated carbocycles. The molecule has 2 atom stereocenters. The van der Waals surface area contributed by atoms with Crippen LogP contribution in [0.15, 0.2) is 10.9 Å². The van der Waals surface area contributed by atoms with Crippen LogP contribution in [0.2, 0.25) is 0 Å². The molecule has 2 rings (SSSR count). The molecule has 1 saturated heterocycles. The second kappa shape index (κ2) is 6.62. The summed E-state index contributed by atoms with van der Waals surface area (Å²) >= 11 is 0. The van der Waals surface area contributed by atoms with Crippen molar-refractivity contribution in [2.75, 3.05) is 18.0 Å². The lowest BCUT2D eigenvalue weighted by Crippen LogP contribution is -2.59. The Morgan fingerprint density at radius 1 is 1.33 bits per heavy atom. The van der Waals surface area contributed by atoms with E-state index in [-0.39, 0.29) is 29.6 Å². The first kappa shape index (κ1) is 18.0. The van der Waals surface area contributed by atoms with Crippen LogP contribution in [-0.2, 0) is 4.74 Å². The van der Waals surface area contributed by atoms with Crippen LogP contribution < -0.4 is 10.5 Å². The number of ether oxygens (including phenoxy) is 1. The average Bonchev–Trinajstić information content (AvgIpc) is 2.43. The van der Waals surface area contributed by atoms with Gasteiger partial charge in [0.25, 0.3) is 5.56 Å². The Kier molecular flexibility index (Phi) is 4.96. The summed E-state index contributed by atoms with van der Waals surface area (Å²) in [4.78, 5) is 45.0. The zero-order chi connectivity index (χ0) is 18.1. The minimum absolute atomic E-state index is 0.00706. The van der Waals surface area contributed by atoms with E-state index in [0.717, 1.165) is 0 Å². The lowest BCUT2D eigenvalue weighted by molar-refractivity contribution is 0.00560. The Bertz CT molecular complexity index is 667. The van der Waals surface area contributed by atoms with E-state index in [0.29, 0.717) is 25.2 Å². The van der Waals surface area contributed by atoms with Gasteiger partial charge in [0.1, 0.15) is 11.4 Å². The third kappa shape index (κ3) is 4.12. The molecule has 24 heavy (non-hydrogen) atoms. The second-order valence-electron chi connectivity index (χ2n) is 7.10. The van der Waals surface area contributed by atoms with E-state index in [1.807, 2.05) is 39.5 Å². The fourth-order valence-electron chi connectivity index (χ4n) is 2.87.